The highest BCUT2D eigenvalue weighted by molar-refractivity contribution is 7.80. The zero-order chi connectivity index (χ0) is 13.5. The first-order chi connectivity index (χ1) is 9.25. The maximum absolute atomic E-state index is 11.8. The van der Waals surface area contributed by atoms with Crippen molar-refractivity contribution in [1.82, 2.24) is 10.9 Å². The summed E-state index contributed by atoms with van der Waals surface area (Å²) in [4.78, 5) is 11.8. The number of nitrogens with one attached hydrogen (secondary N) is 3. The summed E-state index contributed by atoms with van der Waals surface area (Å²) in [7, 11) is 0. The molecule has 0 aromatic heterocycles. The van der Waals surface area contributed by atoms with Crippen LogP contribution in [0.3, 0.4) is 0 Å². The SMILES string of the molecule is O=C(NNC(=S)Nc1ccccc1)[C@@H]1C=CCCC1. The summed E-state index contributed by atoms with van der Waals surface area (Å²) in [6, 6.07) is 9.56. The molecule has 2 rings (SSSR count). The zero-order valence-electron chi connectivity index (χ0n) is 10.6. The van der Waals surface area contributed by atoms with E-state index in [4.69, 9.17) is 12.2 Å². The van der Waals surface area contributed by atoms with Crippen LogP contribution in [0.2, 0.25) is 0 Å². The Morgan fingerprint density at radius 3 is 2.68 bits per heavy atom. The summed E-state index contributed by atoms with van der Waals surface area (Å²) in [6.07, 6.45) is 7.01. The Morgan fingerprint density at radius 1 is 1.21 bits per heavy atom. The number of thiocarbonyl (C=S) groups is 1. The van der Waals surface area contributed by atoms with E-state index in [1.165, 1.54) is 0 Å². The molecule has 19 heavy (non-hydrogen) atoms. The van der Waals surface area contributed by atoms with E-state index in [2.05, 4.69) is 16.2 Å². The number of hydrazine groups is 1. The minimum absolute atomic E-state index is 0.0480. The molecule has 0 fully saturated rings. The molecule has 1 amide bonds. The predicted molar refractivity (Wildman–Crippen MR) is 80.4 cm³/mol. The normalized spacial score (nSPS) is 17.6. The Hall–Kier alpha value is -1.88. The lowest BCUT2D eigenvalue weighted by atomic mass is 9.95. The van der Waals surface area contributed by atoms with E-state index < -0.39 is 0 Å². The molecular formula is C14H17N3OS. The molecule has 5 heteroatoms. The Bertz CT molecular complexity index is 473. The number of carbonyl (C=O) groups excluding carboxylic acids is 1. The van der Waals surface area contributed by atoms with Gasteiger partial charge in [-0.15, -0.1) is 0 Å². The molecule has 1 atom stereocenters. The molecule has 0 saturated carbocycles. The smallest absolute Gasteiger partial charge is 0.245 e. The number of carbonyl (C=O) groups is 1. The number of hydrogen-bond donors (Lipinski definition) is 3. The molecule has 0 radical (unpaired) electrons. The second-order valence-corrected chi connectivity index (χ2v) is 4.81. The largest absolute Gasteiger partial charge is 0.331 e. The fourth-order valence-electron chi connectivity index (χ4n) is 1.93. The van der Waals surface area contributed by atoms with Crippen molar-refractivity contribution in [3.63, 3.8) is 0 Å². The molecule has 4 nitrogen and oxygen atoms in total. The number of rotatable bonds is 2. The Kier molecular flexibility index (Phi) is 4.92. The van der Waals surface area contributed by atoms with Crippen LogP contribution in [-0.4, -0.2) is 11.0 Å². The fraction of sp³-hybridized carbons (Fsp3) is 0.286. The van der Waals surface area contributed by atoms with E-state index in [1.807, 2.05) is 42.5 Å². The Labute approximate surface area is 118 Å². The molecule has 1 aliphatic carbocycles. The topological polar surface area (TPSA) is 53.2 Å². The van der Waals surface area contributed by atoms with Gasteiger partial charge in [0.25, 0.3) is 0 Å². The van der Waals surface area contributed by atoms with Crippen molar-refractivity contribution in [1.29, 1.82) is 0 Å². The van der Waals surface area contributed by atoms with E-state index >= 15 is 0 Å². The monoisotopic (exact) mass is 275 g/mol. The average molecular weight is 275 g/mol. The lowest BCUT2D eigenvalue weighted by Gasteiger charge is -2.17. The Morgan fingerprint density at radius 2 is 2.00 bits per heavy atom. The highest BCUT2D eigenvalue weighted by Crippen LogP contribution is 2.16. The van der Waals surface area contributed by atoms with Crippen LogP contribution in [0.1, 0.15) is 19.3 Å². The lowest BCUT2D eigenvalue weighted by Crippen LogP contribution is -2.46. The molecule has 0 heterocycles. The van der Waals surface area contributed by atoms with Crippen LogP contribution in [0.15, 0.2) is 42.5 Å². The number of anilines is 1. The summed E-state index contributed by atoms with van der Waals surface area (Å²) < 4.78 is 0. The summed E-state index contributed by atoms with van der Waals surface area (Å²) in [5.41, 5.74) is 6.22. The van der Waals surface area contributed by atoms with Gasteiger partial charge in [0.15, 0.2) is 5.11 Å². The summed E-state index contributed by atoms with van der Waals surface area (Å²) in [5, 5.41) is 3.36. The standard InChI is InChI=1S/C14H17N3OS/c18-13(11-7-3-1-4-8-11)16-17-14(19)15-12-9-5-2-6-10-12/h2-3,5-7,9-11H,1,4,8H2,(H,16,18)(H2,15,17,19)/t11-/m1/s1. The maximum atomic E-state index is 11.8. The molecule has 100 valence electrons. The van der Waals surface area contributed by atoms with Gasteiger partial charge in [0.1, 0.15) is 0 Å². The Balaban J connectivity index is 1.75. The van der Waals surface area contributed by atoms with Gasteiger partial charge in [-0.3, -0.25) is 15.6 Å². The maximum Gasteiger partial charge on any atom is 0.245 e. The van der Waals surface area contributed by atoms with Crippen molar-refractivity contribution >= 4 is 28.9 Å². The van der Waals surface area contributed by atoms with Crippen LogP contribution in [0.25, 0.3) is 0 Å². The zero-order valence-corrected chi connectivity index (χ0v) is 11.4. The van der Waals surface area contributed by atoms with Crippen molar-refractivity contribution in [3.05, 3.63) is 42.5 Å². The predicted octanol–water partition coefficient (Wildman–Crippen LogP) is 2.36. The number of benzene rings is 1. The number of para-hydroxylation sites is 1. The third kappa shape index (κ3) is 4.37. The summed E-state index contributed by atoms with van der Waals surface area (Å²) >= 11 is 5.10. The molecule has 1 aromatic carbocycles. The van der Waals surface area contributed by atoms with Crippen LogP contribution in [0.4, 0.5) is 5.69 Å². The first-order valence-corrected chi connectivity index (χ1v) is 6.75. The van der Waals surface area contributed by atoms with Crippen molar-refractivity contribution in [2.75, 3.05) is 5.32 Å². The minimum atomic E-state index is -0.0548. The first kappa shape index (κ1) is 13.5. The van der Waals surface area contributed by atoms with Gasteiger partial charge in [-0.1, -0.05) is 30.4 Å². The average Bonchev–Trinajstić information content (AvgIpc) is 2.47. The number of hydrogen-bond acceptors (Lipinski definition) is 2. The van der Waals surface area contributed by atoms with Gasteiger partial charge >= 0.3 is 0 Å². The van der Waals surface area contributed by atoms with Crippen molar-refractivity contribution in [2.45, 2.75) is 19.3 Å². The van der Waals surface area contributed by atoms with E-state index in [9.17, 15) is 4.79 Å². The van der Waals surface area contributed by atoms with Crippen LogP contribution in [0, 0.1) is 5.92 Å². The van der Waals surface area contributed by atoms with Crippen LogP contribution in [0.5, 0.6) is 0 Å². The molecule has 0 unspecified atom stereocenters. The van der Waals surface area contributed by atoms with E-state index in [0.29, 0.717) is 5.11 Å². The second-order valence-electron chi connectivity index (χ2n) is 4.40. The molecule has 0 saturated heterocycles. The van der Waals surface area contributed by atoms with E-state index in [1.54, 1.807) is 0 Å². The lowest BCUT2D eigenvalue weighted by molar-refractivity contribution is -0.124. The quantitative estimate of drug-likeness (QED) is 0.440. The van der Waals surface area contributed by atoms with Crippen molar-refractivity contribution in [3.8, 4) is 0 Å². The van der Waals surface area contributed by atoms with Gasteiger partial charge in [-0.2, -0.15) is 0 Å². The fourth-order valence-corrected chi connectivity index (χ4v) is 2.09. The highest BCUT2D eigenvalue weighted by atomic mass is 32.1. The van der Waals surface area contributed by atoms with Crippen LogP contribution >= 0.6 is 12.2 Å². The summed E-state index contributed by atoms with van der Waals surface area (Å²) in [5.74, 6) is -0.103. The van der Waals surface area contributed by atoms with Gasteiger partial charge < -0.3 is 5.32 Å². The van der Waals surface area contributed by atoms with Gasteiger partial charge in [0.2, 0.25) is 5.91 Å². The van der Waals surface area contributed by atoms with Crippen LogP contribution in [-0.2, 0) is 4.79 Å². The molecule has 0 aliphatic heterocycles. The number of amides is 1. The van der Waals surface area contributed by atoms with Gasteiger partial charge in [0, 0.05) is 5.69 Å². The highest BCUT2D eigenvalue weighted by Gasteiger charge is 2.16. The summed E-state index contributed by atoms with van der Waals surface area (Å²) in [6.45, 7) is 0. The molecule has 3 N–H and O–H groups in total. The van der Waals surface area contributed by atoms with Crippen LogP contribution < -0.4 is 16.2 Å². The number of allylic oxidation sites excluding steroid dienone is 1. The second kappa shape index (κ2) is 6.89. The van der Waals surface area contributed by atoms with Gasteiger partial charge in [-0.25, -0.2) is 0 Å². The van der Waals surface area contributed by atoms with E-state index in [0.717, 1.165) is 24.9 Å². The molecule has 1 aliphatic rings. The van der Waals surface area contributed by atoms with Crippen molar-refractivity contribution in [2.24, 2.45) is 5.92 Å². The molecule has 1 aromatic rings. The van der Waals surface area contributed by atoms with Gasteiger partial charge in [0.05, 0.1) is 5.92 Å². The first-order valence-electron chi connectivity index (χ1n) is 6.34. The van der Waals surface area contributed by atoms with E-state index in [-0.39, 0.29) is 11.8 Å². The molecular weight excluding hydrogens is 258 g/mol. The minimum Gasteiger partial charge on any atom is -0.331 e. The third-order valence-electron chi connectivity index (χ3n) is 2.92. The third-order valence-corrected chi connectivity index (χ3v) is 3.13. The van der Waals surface area contributed by atoms with Gasteiger partial charge in [-0.05, 0) is 43.6 Å². The molecule has 0 bridgehead atoms. The van der Waals surface area contributed by atoms with Crippen molar-refractivity contribution < 1.29 is 4.79 Å². The molecule has 0 spiro atoms.